The third kappa shape index (κ3) is 3.58. The Hall–Kier alpha value is -1.62. The lowest BCUT2D eigenvalue weighted by atomic mass is 9.95. The van der Waals surface area contributed by atoms with Crippen molar-refractivity contribution in [1.29, 1.82) is 0 Å². The molecule has 3 rings (SSSR count). The first-order chi connectivity index (χ1) is 10.8. The zero-order valence-electron chi connectivity index (χ0n) is 13.8. The molecule has 5 heteroatoms. The van der Waals surface area contributed by atoms with Crippen LogP contribution >= 0.6 is 0 Å². The van der Waals surface area contributed by atoms with E-state index in [4.69, 9.17) is 0 Å². The summed E-state index contributed by atoms with van der Waals surface area (Å²) in [6.07, 6.45) is 14.9. The van der Waals surface area contributed by atoms with E-state index in [9.17, 15) is 0 Å². The second-order valence-electron chi connectivity index (χ2n) is 6.46. The average Bonchev–Trinajstić information content (AvgIpc) is 3.17. The molecule has 0 aromatic carbocycles. The van der Waals surface area contributed by atoms with E-state index in [0.717, 1.165) is 19.6 Å². The van der Waals surface area contributed by atoms with Gasteiger partial charge in [-0.15, -0.1) is 0 Å². The molecule has 120 valence electrons. The molecular formula is C17H27N5. The van der Waals surface area contributed by atoms with Crippen LogP contribution in [0.3, 0.4) is 0 Å². The summed E-state index contributed by atoms with van der Waals surface area (Å²) in [6, 6.07) is 0.655. The van der Waals surface area contributed by atoms with Gasteiger partial charge in [0.05, 0.1) is 18.2 Å². The van der Waals surface area contributed by atoms with Gasteiger partial charge in [-0.1, -0.05) is 19.3 Å². The lowest BCUT2D eigenvalue weighted by molar-refractivity contribution is 0.290. The first-order valence-electron chi connectivity index (χ1n) is 8.47. The molecule has 0 radical (unpaired) electrons. The smallest absolute Gasteiger partial charge is 0.0951 e. The number of imidazole rings is 1. The number of hydrogen-bond donors (Lipinski definition) is 0. The average molecular weight is 301 g/mol. The highest BCUT2D eigenvalue weighted by Gasteiger charge is 2.18. The van der Waals surface area contributed by atoms with Crippen LogP contribution < -0.4 is 0 Å². The topological polar surface area (TPSA) is 38.9 Å². The SMILES string of the molecule is CCn1cc(CN(C)Cc2cncn2C2CCCCC2)cn1. The maximum absolute atomic E-state index is 4.39. The summed E-state index contributed by atoms with van der Waals surface area (Å²) in [5.74, 6) is 0. The maximum Gasteiger partial charge on any atom is 0.0951 e. The molecule has 0 saturated heterocycles. The second-order valence-corrected chi connectivity index (χ2v) is 6.46. The number of hydrogen-bond acceptors (Lipinski definition) is 3. The van der Waals surface area contributed by atoms with E-state index in [1.54, 1.807) is 0 Å². The minimum Gasteiger partial charge on any atom is -0.330 e. The van der Waals surface area contributed by atoms with E-state index in [2.05, 4.69) is 39.7 Å². The maximum atomic E-state index is 4.39. The molecule has 0 bridgehead atoms. The van der Waals surface area contributed by atoms with Crippen molar-refractivity contribution in [2.75, 3.05) is 7.05 Å². The van der Waals surface area contributed by atoms with Crippen LogP contribution in [0.25, 0.3) is 0 Å². The Morgan fingerprint density at radius 3 is 2.73 bits per heavy atom. The molecule has 1 saturated carbocycles. The predicted octanol–water partition coefficient (Wildman–Crippen LogP) is 3.24. The predicted molar refractivity (Wildman–Crippen MR) is 87.4 cm³/mol. The highest BCUT2D eigenvalue weighted by molar-refractivity contribution is 5.05. The zero-order chi connectivity index (χ0) is 15.4. The summed E-state index contributed by atoms with van der Waals surface area (Å²) in [5, 5.41) is 4.35. The van der Waals surface area contributed by atoms with E-state index < -0.39 is 0 Å². The van der Waals surface area contributed by atoms with Crippen molar-refractivity contribution in [3.63, 3.8) is 0 Å². The van der Waals surface area contributed by atoms with E-state index in [1.165, 1.54) is 43.4 Å². The van der Waals surface area contributed by atoms with Crippen LogP contribution in [0.5, 0.6) is 0 Å². The second kappa shape index (κ2) is 7.09. The molecule has 1 aliphatic carbocycles. The first-order valence-corrected chi connectivity index (χ1v) is 8.47. The normalized spacial score (nSPS) is 16.5. The van der Waals surface area contributed by atoms with Gasteiger partial charge in [-0.05, 0) is 26.8 Å². The minimum absolute atomic E-state index is 0.655. The van der Waals surface area contributed by atoms with Crippen LogP contribution in [-0.4, -0.2) is 31.3 Å². The lowest BCUT2D eigenvalue weighted by Gasteiger charge is -2.26. The molecule has 0 spiro atoms. The van der Waals surface area contributed by atoms with Crippen molar-refractivity contribution in [2.45, 2.75) is 64.7 Å². The van der Waals surface area contributed by atoms with Crippen molar-refractivity contribution in [1.82, 2.24) is 24.2 Å². The Morgan fingerprint density at radius 1 is 1.18 bits per heavy atom. The quantitative estimate of drug-likeness (QED) is 0.822. The van der Waals surface area contributed by atoms with Gasteiger partial charge in [-0.2, -0.15) is 5.10 Å². The molecule has 0 N–H and O–H groups in total. The Bertz CT molecular complexity index is 579. The van der Waals surface area contributed by atoms with Crippen LogP contribution in [-0.2, 0) is 19.6 Å². The lowest BCUT2D eigenvalue weighted by Crippen LogP contribution is -2.21. The molecule has 0 aliphatic heterocycles. The first kappa shape index (κ1) is 15.3. The molecule has 2 aromatic rings. The minimum atomic E-state index is 0.655. The number of aromatic nitrogens is 4. The fraction of sp³-hybridized carbons (Fsp3) is 0.647. The van der Waals surface area contributed by atoms with Gasteiger partial charge in [0.1, 0.15) is 0 Å². The van der Waals surface area contributed by atoms with Gasteiger partial charge in [-0.25, -0.2) is 4.98 Å². The molecule has 0 unspecified atom stereocenters. The number of rotatable bonds is 6. The number of nitrogens with zero attached hydrogens (tertiary/aromatic N) is 5. The molecular weight excluding hydrogens is 274 g/mol. The molecule has 2 aromatic heterocycles. The van der Waals surface area contributed by atoms with Gasteiger partial charge in [0.2, 0.25) is 0 Å². The van der Waals surface area contributed by atoms with Crippen molar-refractivity contribution < 1.29 is 0 Å². The van der Waals surface area contributed by atoms with Crippen molar-refractivity contribution in [3.05, 3.63) is 36.2 Å². The molecule has 2 heterocycles. The summed E-state index contributed by atoms with van der Waals surface area (Å²) >= 11 is 0. The Kier molecular flexibility index (Phi) is 4.93. The van der Waals surface area contributed by atoms with E-state index >= 15 is 0 Å². The van der Waals surface area contributed by atoms with Gasteiger partial charge in [0.25, 0.3) is 0 Å². The van der Waals surface area contributed by atoms with Crippen LogP contribution in [0, 0.1) is 0 Å². The highest BCUT2D eigenvalue weighted by atomic mass is 15.3. The largest absolute Gasteiger partial charge is 0.330 e. The van der Waals surface area contributed by atoms with Gasteiger partial charge in [0, 0.05) is 43.6 Å². The van der Waals surface area contributed by atoms with Crippen molar-refractivity contribution >= 4 is 0 Å². The highest BCUT2D eigenvalue weighted by Crippen LogP contribution is 2.29. The fourth-order valence-electron chi connectivity index (χ4n) is 3.45. The van der Waals surface area contributed by atoms with Gasteiger partial charge >= 0.3 is 0 Å². The Labute approximate surface area is 133 Å². The fourth-order valence-corrected chi connectivity index (χ4v) is 3.45. The molecule has 0 amide bonds. The molecule has 22 heavy (non-hydrogen) atoms. The van der Waals surface area contributed by atoms with Crippen LogP contribution in [0.1, 0.15) is 56.3 Å². The Morgan fingerprint density at radius 2 is 2.00 bits per heavy atom. The summed E-state index contributed by atoms with van der Waals surface area (Å²) in [5.41, 5.74) is 2.60. The summed E-state index contributed by atoms with van der Waals surface area (Å²) in [4.78, 5) is 6.74. The van der Waals surface area contributed by atoms with Crippen LogP contribution in [0.15, 0.2) is 24.9 Å². The monoisotopic (exact) mass is 301 g/mol. The van der Waals surface area contributed by atoms with Gasteiger partial charge in [0.15, 0.2) is 0 Å². The summed E-state index contributed by atoms with van der Waals surface area (Å²) < 4.78 is 4.39. The summed E-state index contributed by atoms with van der Waals surface area (Å²) in [7, 11) is 2.17. The van der Waals surface area contributed by atoms with Crippen molar-refractivity contribution in [3.8, 4) is 0 Å². The van der Waals surface area contributed by atoms with E-state index in [0.29, 0.717) is 6.04 Å². The standard InChI is InChI=1S/C17H27N5/c1-3-21-12-15(9-19-21)11-20(2)13-17-10-18-14-22(17)16-7-5-4-6-8-16/h9-10,12,14,16H,3-8,11,13H2,1-2H3. The van der Waals surface area contributed by atoms with Crippen molar-refractivity contribution in [2.24, 2.45) is 0 Å². The number of aryl methyl sites for hydroxylation is 1. The van der Waals surface area contributed by atoms with Gasteiger partial charge < -0.3 is 4.57 Å². The third-order valence-electron chi connectivity index (χ3n) is 4.61. The van der Waals surface area contributed by atoms with Crippen LogP contribution in [0.4, 0.5) is 0 Å². The molecule has 1 fully saturated rings. The summed E-state index contributed by atoms with van der Waals surface area (Å²) in [6.45, 7) is 4.91. The van der Waals surface area contributed by atoms with E-state index in [-0.39, 0.29) is 0 Å². The molecule has 0 atom stereocenters. The zero-order valence-corrected chi connectivity index (χ0v) is 13.8. The molecule has 5 nitrogen and oxygen atoms in total. The van der Waals surface area contributed by atoms with Crippen LogP contribution in [0.2, 0.25) is 0 Å². The Balaban J connectivity index is 1.61. The van der Waals surface area contributed by atoms with Gasteiger partial charge in [-0.3, -0.25) is 9.58 Å². The third-order valence-corrected chi connectivity index (χ3v) is 4.61. The molecule has 1 aliphatic rings. The van der Waals surface area contributed by atoms with E-state index in [1.807, 2.05) is 23.4 Å².